The number of carbonyl (C=O) groups is 3. The molecule has 182 valence electrons. The maximum absolute atomic E-state index is 12.9. The van der Waals surface area contributed by atoms with Crippen molar-refractivity contribution in [3.8, 4) is 0 Å². The molecule has 35 heavy (non-hydrogen) atoms. The Hall–Kier alpha value is -3.78. The number of amides is 2. The molecular formula is C21H21N7O5S2. The summed E-state index contributed by atoms with van der Waals surface area (Å²) in [6, 6.07) is 2.70. The number of rotatable bonds is 9. The van der Waals surface area contributed by atoms with Gasteiger partial charge in [0.05, 0.1) is 0 Å². The number of oxime groups is 1. The zero-order valence-electron chi connectivity index (χ0n) is 18.2. The Kier molecular flexibility index (Phi) is 7.12. The number of aliphatic carboxylic acids is 1. The predicted octanol–water partition coefficient (Wildman–Crippen LogP) is 0.606. The molecule has 14 heteroatoms. The van der Waals surface area contributed by atoms with Gasteiger partial charge in [-0.05, 0) is 11.6 Å². The lowest BCUT2D eigenvalue weighted by Gasteiger charge is -2.53. The van der Waals surface area contributed by atoms with Gasteiger partial charge in [-0.25, -0.2) is 0 Å². The monoisotopic (exact) mass is 515 g/mol. The highest BCUT2D eigenvalue weighted by Gasteiger charge is 2.57. The van der Waals surface area contributed by atoms with E-state index in [9.17, 15) is 19.5 Å². The topological polar surface area (TPSA) is 173 Å². The lowest BCUT2D eigenvalue weighted by Crippen LogP contribution is -2.73. The first-order valence-corrected chi connectivity index (χ1v) is 12.1. The summed E-state index contributed by atoms with van der Waals surface area (Å²) >= 11 is 2.17. The number of nitrogens with zero attached hydrogens (tertiary/aromatic N) is 5. The van der Waals surface area contributed by atoms with Crippen molar-refractivity contribution in [2.75, 3.05) is 24.6 Å². The third-order valence-corrected chi connectivity index (χ3v) is 7.41. The van der Waals surface area contributed by atoms with Crippen LogP contribution in [0.3, 0.4) is 0 Å². The molecule has 2 unspecified atom stereocenters. The largest absolute Gasteiger partial charge is 0.481 e. The normalized spacial score (nSPS) is 23.9. The highest BCUT2D eigenvalue weighted by atomic mass is 32.2. The first kappa shape index (κ1) is 24.3. The quantitative estimate of drug-likeness (QED) is 0.141. The Bertz CT molecular complexity index is 1200. The van der Waals surface area contributed by atoms with Gasteiger partial charge in [0.15, 0.2) is 5.13 Å². The predicted molar refractivity (Wildman–Crippen MR) is 130 cm³/mol. The molecule has 4 heterocycles. The van der Waals surface area contributed by atoms with Gasteiger partial charge < -0.3 is 25.9 Å². The number of fused-ring (bicyclic) bond motifs is 1. The molecule has 0 bridgehead atoms. The van der Waals surface area contributed by atoms with E-state index in [4.69, 9.17) is 10.6 Å². The second kappa shape index (κ2) is 10.2. The minimum absolute atomic E-state index is 0.0183. The number of aromatic nitrogens is 3. The average Bonchev–Trinajstić information content (AvgIpc) is 3.29. The SMILES string of the molecule is C=CCON=C(C(=O)NC1C(=O)N2CC(C=Cc3cccnc3)(C(=O)O)CS[C@H]12)c1nsc(N)n1. The van der Waals surface area contributed by atoms with Gasteiger partial charge >= 0.3 is 5.97 Å². The van der Waals surface area contributed by atoms with Crippen molar-refractivity contribution in [1.82, 2.24) is 24.6 Å². The summed E-state index contributed by atoms with van der Waals surface area (Å²) in [7, 11) is 0. The Morgan fingerprint density at radius 1 is 1.49 bits per heavy atom. The van der Waals surface area contributed by atoms with Crippen LogP contribution in [-0.2, 0) is 19.2 Å². The van der Waals surface area contributed by atoms with Gasteiger partial charge in [-0.2, -0.15) is 9.36 Å². The van der Waals surface area contributed by atoms with Gasteiger partial charge in [-0.3, -0.25) is 19.4 Å². The van der Waals surface area contributed by atoms with Crippen LogP contribution in [-0.4, -0.2) is 78.2 Å². The van der Waals surface area contributed by atoms with Crippen LogP contribution in [0.25, 0.3) is 6.08 Å². The number of anilines is 1. The van der Waals surface area contributed by atoms with Crippen LogP contribution in [0, 0.1) is 5.41 Å². The van der Waals surface area contributed by atoms with E-state index in [1.807, 2.05) is 0 Å². The molecule has 2 aromatic rings. The summed E-state index contributed by atoms with van der Waals surface area (Å²) in [5, 5.41) is 16.1. The number of carboxylic acids is 1. The molecule has 3 atom stereocenters. The van der Waals surface area contributed by atoms with Crippen LogP contribution in [0.4, 0.5) is 5.13 Å². The van der Waals surface area contributed by atoms with Crippen molar-refractivity contribution in [3.05, 3.63) is 54.6 Å². The molecule has 0 aliphatic carbocycles. The van der Waals surface area contributed by atoms with Crippen molar-refractivity contribution >= 4 is 58.0 Å². The number of hydrogen-bond donors (Lipinski definition) is 3. The highest BCUT2D eigenvalue weighted by Crippen LogP contribution is 2.43. The Morgan fingerprint density at radius 2 is 2.31 bits per heavy atom. The molecule has 2 aromatic heterocycles. The van der Waals surface area contributed by atoms with Crippen LogP contribution in [0.15, 0.2) is 48.4 Å². The molecule has 2 saturated heterocycles. The molecule has 2 amide bonds. The highest BCUT2D eigenvalue weighted by molar-refractivity contribution is 8.00. The number of pyridine rings is 1. The Balaban J connectivity index is 1.46. The van der Waals surface area contributed by atoms with Gasteiger partial charge in [0.1, 0.15) is 23.4 Å². The van der Waals surface area contributed by atoms with E-state index in [-0.39, 0.29) is 35.6 Å². The molecule has 2 aliphatic rings. The maximum Gasteiger partial charge on any atom is 0.316 e. The molecule has 2 fully saturated rings. The molecule has 12 nitrogen and oxygen atoms in total. The summed E-state index contributed by atoms with van der Waals surface area (Å²) in [5.41, 5.74) is 4.86. The fourth-order valence-corrected chi connectivity index (χ4v) is 5.45. The van der Waals surface area contributed by atoms with Gasteiger partial charge in [-0.1, -0.05) is 36.0 Å². The second-order valence-corrected chi connectivity index (χ2v) is 9.57. The molecule has 0 saturated carbocycles. The maximum atomic E-state index is 12.9. The van der Waals surface area contributed by atoms with Crippen molar-refractivity contribution < 1.29 is 24.3 Å². The summed E-state index contributed by atoms with van der Waals surface area (Å²) in [4.78, 5) is 52.4. The van der Waals surface area contributed by atoms with E-state index in [0.29, 0.717) is 0 Å². The van der Waals surface area contributed by atoms with E-state index in [1.165, 1.54) is 22.7 Å². The van der Waals surface area contributed by atoms with E-state index >= 15 is 0 Å². The molecular weight excluding hydrogens is 494 g/mol. The standard InChI is InChI=1S/C21H21N7O5S2/c1-2-8-33-26-13(15-25-20(22)35-27-15)16(29)24-14-17(30)28-10-21(19(31)32,11-34-18(14)28)6-5-12-4-3-7-23-9-12/h2-7,9,14,18H,1,8,10-11H2,(H,24,29)(H,31,32)(H2,22,25,27)/t14?,18-,21?/m1/s1. The van der Waals surface area contributed by atoms with Crippen molar-refractivity contribution in [1.29, 1.82) is 0 Å². The van der Waals surface area contributed by atoms with Crippen molar-refractivity contribution in [2.24, 2.45) is 10.6 Å². The van der Waals surface area contributed by atoms with Crippen LogP contribution >= 0.6 is 23.3 Å². The summed E-state index contributed by atoms with van der Waals surface area (Å²) in [6.07, 6.45) is 7.97. The number of carbonyl (C=O) groups excluding carboxylic acids is 2. The first-order chi connectivity index (χ1) is 16.8. The first-order valence-electron chi connectivity index (χ1n) is 10.3. The molecule has 4 N–H and O–H groups in total. The Labute approximate surface area is 208 Å². The number of nitrogen functional groups attached to an aromatic ring is 1. The molecule has 2 aliphatic heterocycles. The third-order valence-electron chi connectivity index (χ3n) is 5.31. The van der Waals surface area contributed by atoms with Gasteiger partial charge in [0.2, 0.25) is 17.4 Å². The fourth-order valence-electron chi connectivity index (χ4n) is 3.51. The minimum atomic E-state index is -1.27. The summed E-state index contributed by atoms with van der Waals surface area (Å²) < 4.78 is 3.98. The number of hydrogen-bond acceptors (Lipinski definition) is 11. The minimum Gasteiger partial charge on any atom is -0.481 e. The number of nitrogens with one attached hydrogen (secondary N) is 1. The fraction of sp³-hybridized carbons (Fsp3) is 0.286. The lowest BCUT2D eigenvalue weighted by atomic mass is 9.86. The number of β-lactam (4-membered cyclic amide) rings is 1. The smallest absolute Gasteiger partial charge is 0.316 e. The molecule has 0 aromatic carbocycles. The Morgan fingerprint density at radius 3 is 2.97 bits per heavy atom. The van der Waals surface area contributed by atoms with Crippen LogP contribution < -0.4 is 11.1 Å². The van der Waals surface area contributed by atoms with Crippen molar-refractivity contribution in [2.45, 2.75) is 11.4 Å². The van der Waals surface area contributed by atoms with E-state index in [1.54, 1.807) is 36.7 Å². The van der Waals surface area contributed by atoms with Gasteiger partial charge in [0, 0.05) is 36.2 Å². The van der Waals surface area contributed by atoms with Crippen LogP contribution in [0.2, 0.25) is 0 Å². The second-order valence-electron chi connectivity index (χ2n) is 7.68. The van der Waals surface area contributed by atoms with Crippen LogP contribution in [0.5, 0.6) is 0 Å². The third kappa shape index (κ3) is 5.02. The van der Waals surface area contributed by atoms with Crippen molar-refractivity contribution in [3.63, 3.8) is 0 Å². The van der Waals surface area contributed by atoms with Gasteiger partial charge in [0.25, 0.3) is 5.91 Å². The number of nitrogens with two attached hydrogens (primary N) is 1. The zero-order valence-corrected chi connectivity index (χ0v) is 19.9. The lowest BCUT2D eigenvalue weighted by molar-refractivity contribution is -0.155. The van der Waals surface area contributed by atoms with E-state index in [2.05, 4.69) is 31.4 Å². The number of carboxylic acid groups (broad SMARTS) is 1. The summed E-state index contributed by atoms with van der Waals surface area (Å²) in [6.45, 7) is 3.55. The zero-order chi connectivity index (χ0) is 25.0. The van der Waals surface area contributed by atoms with E-state index in [0.717, 1.165) is 17.1 Å². The average molecular weight is 516 g/mol. The molecule has 0 radical (unpaired) electrons. The van der Waals surface area contributed by atoms with Gasteiger partial charge in [-0.15, -0.1) is 11.8 Å². The van der Waals surface area contributed by atoms with Crippen LogP contribution in [0.1, 0.15) is 11.4 Å². The molecule has 4 rings (SSSR count). The van der Waals surface area contributed by atoms with E-state index < -0.39 is 34.6 Å². The summed E-state index contributed by atoms with van der Waals surface area (Å²) in [5.74, 6) is -1.96. The number of thioether (sulfide) groups is 1. The molecule has 0 spiro atoms.